The Morgan fingerprint density at radius 3 is 2.66 bits per heavy atom. The van der Waals surface area contributed by atoms with Crippen LogP contribution < -0.4 is 21.7 Å². The number of nitrogens with two attached hydrogens (primary N) is 1. The Bertz CT molecular complexity index is 933. The van der Waals surface area contributed by atoms with Crippen LogP contribution in [0.3, 0.4) is 0 Å². The van der Waals surface area contributed by atoms with Crippen molar-refractivity contribution >= 4 is 40.9 Å². The van der Waals surface area contributed by atoms with Gasteiger partial charge in [0, 0.05) is 35.9 Å². The third kappa shape index (κ3) is 5.89. The van der Waals surface area contributed by atoms with Gasteiger partial charge in [-0.2, -0.15) is 0 Å². The molecule has 1 aliphatic heterocycles. The van der Waals surface area contributed by atoms with E-state index in [0.29, 0.717) is 18.1 Å². The molecule has 9 heteroatoms. The fourth-order valence-corrected chi connectivity index (χ4v) is 3.84. The molecule has 0 unspecified atom stereocenters. The average Bonchev–Trinajstić information content (AvgIpc) is 3.10. The Morgan fingerprint density at radius 1 is 1.21 bits per heavy atom. The summed E-state index contributed by atoms with van der Waals surface area (Å²) >= 11 is 1.44. The minimum atomic E-state index is -0.387. The summed E-state index contributed by atoms with van der Waals surface area (Å²) in [5, 5.41) is 9.92. The number of aromatic nitrogens is 1. The van der Waals surface area contributed by atoms with Crippen LogP contribution in [-0.2, 0) is 16.0 Å². The number of primary amides is 1. The first-order chi connectivity index (χ1) is 14.0. The molecule has 1 aromatic carbocycles. The number of nitrogens with zero attached hydrogens (tertiary/aromatic N) is 2. The number of allylic oxidation sites excluding steroid dienone is 1. The summed E-state index contributed by atoms with van der Waals surface area (Å²) in [5.41, 5.74) is 7.91. The number of carbonyl (C=O) groups excluding carboxylic acids is 2. The molecule has 152 valence electrons. The molecule has 0 bridgehead atoms. The van der Waals surface area contributed by atoms with Crippen LogP contribution in [0.1, 0.15) is 24.6 Å². The Hall–Kier alpha value is -3.20. The number of benzene rings is 1. The molecule has 1 aliphatic rings. The Balaban J connectivity index is 1.62. The molecule has 0 spiro atoms. The summed E-state index contributed by atoms with van der Waals surface area (Å²) in [7, 11) is 0. The van der Waals surface area contributed by atoms with Gasteiger partial charge in [0.15, 0.2) is 0 Å². The lowest BCUT2D eigenvalue weighted by Crippen LogP contribution is -2.28. The number of hydrogen-bond acceptors (Lipinski definition) is 7. The first kappa shape index (κ1) is 20.5. The standard InChI is InChI=1S/C20H24N6O2S/c1-2-23-19-16(10-17(21)27)29-20(26-19)13-5-7-14(8-6-13)25-18(28)12-24-15-4-3-9-22-11-15/h5-9,11,23-24H,2-4,10,12H2,1H3,(H2,21,27)(H,25,28). The molecule has 0 saturated carbocycles. The molecule has 0 radical (unpaired) electrons. The van der Waals surface area contributed by atoms with Gasteiger partial charge in [0.25, 0.3) is 0 Å². The quantitative estimate of drug-likeness (QED) is 0.504. The van der Waals surface area contributed by atoms with Crippen LogP contribution in [0.5, 0.6) is 0 Å². The van der Waals surface area contributed by atoms with E-state index in [-0.39, 0.29) is 24.8 Å². The summed E-state index contributed by atoms with van der Waals surface area (Å²) < 4.78 is 0. The van der Waals surface area contributed by atoms with Crippen LogP contribution in [0.4, 0.5) is 11.5 Å². The molecule has 1 aromatic heterocycles. The number of hydrogen-bond donors (Lipinski definition) is 4. The second kappa shape index (κ2) is 9.83. The van der Waals surface area contributed by atoms with Crippen LogP contribution in [0.25, 0.3) is 10.6 Å². The Morgan fingerprint density at radius 2 is 2.00 bits per heavy atom. The van der Waals surface area contributed by atoms with Gasteiger partial charge in [-0.15, -0.1) is 11.3 Å². The predicted molar refractivity (Wildman–Crippen MR) is 117 cm³/mol. The number of anilines is 2. The van der Waals surface area contributed by atoms with E-state index >= 15 is 0 Å². The number of aliphatic imine (C=N–C) groups is 1. The summed E-state index contributed by atoms with van der Waals surface area (Å²) in [5.74, 6) is 0.179. The van der Waals surface area contributed by atoms with Gasteiger partial charge in [-0.05, 0) is 44.0 Å². The van der Waals surface area contributed by atoms with Crippen molar-refractivity contribution in [2.24, 2.45) is 10.7 Å². The van der Waals surface area contributed by atoms with Crippen LogP contribution >= 0.6 is 11.3 Å². The smallest absolute Gasteiger partial charge is 0.243 e. The summed E-state index contributed by atoms with van der Waals surface area (Å²) in [6.45, 7) is 2.87. The van der Waals surface area contributed by atoms with Gasteiger partial charge >= 0.3 is 0 Å². The van der Waals surface area contributed by atoms with Gasteiger partial charge in [-0.25, -0.2) is 4.98 Å². The maximum Gasteiger partial charge on any atom is 0.243 e. The van der Waals surface area contributed by atoms with Gasteiger partial charge in [0.2, 0.25) is 11.8 Å². The van der Waals surface area contributed by atoms with Crippen LogP contribution in [0, 0.1) is 0 Å². The molecule has 3 rings (SSSR count). The molecule has 5 N–H and O–H groups in total. The van der Waals surface area contributed by atoms with E-state index in [1.54, 1.807) is 6.20 Å². The Labute approximate surface area is 173 Å². The molecular weight excluding hydrogens is 388 g/mol. The van der Waals surface area contributed by atoms with Crippen molar-refractivity contribution in [2.75, 3.05) is 23.7 Å². The number of thiazole rings is 1. The normalized spacial score (nSPS) is 12.9. The monoisotopic (exact) mass is 412 g/mol. The number of nitrogens with one attached hydrogen (secondary N) is 3. The van der Waals surface area contributed by atoms with Crippen molar-refractivity contribution in [2.45, 2.75) is 26.2 Å². The van der Waals surface area contributed by atoms with Gasteiger partial charge in [0.05, 0.1) is 17.8 Å². The Kier molecular flexibility index (Phi) is 6.96. The second-order valence-electron chi connectivity index (χ2n) is 6.47. The zero-order valence-electron chi connectivity index (χ0n) is 16.2. The van der Waals surface area contributed by atoms with E-state index in [4.69, 9.17) is 5.73 Å². The van der Waals surface area contributed by atoms with Gasteiger partial charge in [-0.3, -0.25) is 14.6 Å². The van der Waals surface area contributed by atoms with E-state index in [9.17, 15) is 9.59 Å². The zero-order chi connectivity index (χ0) is 20.6. The van der Waals surface area contributed by atoms with Crippen molar-refractivity contribution < 1.29 is 9.59 Å². The van der Waals surface area contributed by atoms with Crippen LogP contribution in [0.2, 0.25) is 0 Å². The molecule has 29 heavy (non-hydrogen) atoms. The van der Waals surface area contributed by atoms with Crippen molar-refractivity contribution in [3.63, 3.8) is 0 Å². The average molecular weight is 413 g/mol. The SMILES string of the molecule is CCNc1nc(-c2ccc(NC(=O)CNC3=CN=CCC3)cc2)sc1CC(N)=O. The van der Waals surface area contributed by atoms with Crippen LogP contribution in [0.15, 0.2) is 41.2 Å². The van der Waals surface area contributed by atoms with Gasteiger partial charge in [-0.1, -0.05) is 0 Å². The van der Waals surface area contributed by atoms with Crippen molar-refractivity contribution in [3.05, 3.63) is 41.0 Å². The van der Waals surface area contributed by atoms with E-state index in [1.165, 1.54) is 11.3 Å². The van der Waals surface area contributed by atoms with Crippen molar-refractivity contribution in [1.82, 2.24) is 10.3 Å². The minimum Gasteiger partial charge on any atom is -0.378 e. The lowest BCUT2D eigenvalue weighted by atomic mass is 10.2. The molecule has 2 heterocycles. The van der Waals surface area contributed by atoms with E-state index in [2.05, 4.69) is 25.9 Å². The van der Waals surface area contributed by atoms with E-state index < -0.39 is 0 Å². The van der Waals surface area contributed by atoms with Crippen molar-refractivity contribution in [1.29, 1.82) is 0 Å². The maximum atomic E-state index is 12.1. The fourth-order valence-electron chi connectivity index (χ4n) is 2.79. The summed E-state index contributed by atoms with van der Waals surface area (Å²) in [6, 6.07) is 7.45. The maximum absolute atomic E-state index is 12.1. The minimum absolute atomic E-state index is 0.124. The highest BCUT2D eigenvalue weighted by molar-refractivity contribution is 7.15. The van der Waals surface area contributed by atoms with Gasteiger partial charge < -0.3 is 21.7 Å². The second-order valence-corrected chi connectivity index (χ2v) is 7.55. The van der Waals surface area contributed by atoms with Crippen molar-refractivity contribution in [3.8, 4) is 10.6 Å². The first-order valence-electron chi connectivity index (χ1n) is 9.42. The van der Waals surface area contributed by atoms with Crippen LogP contribution in [-0.4, -0.2) is 36.1 Å². The van der Waals surface area contributed by atoms with E-state index in [0.717, 1.165) is 34.0 Å². The number of rotatable bonds is 9. The predicted octanol–water partition coefficient (Wildman–Crippen LogP) is 2.50. The molecular formula is C20H24N6O2S. The topological polar surface area (TPSA) is 122 Å². The number of carbonyl (C=O) groups is 2. The molecule has 0 aliphatic carbocycles. The summed E-state index contributed by atoms with van der Waals surface area (Å²) in [4.78, 5) is 32.9. The lowest BCUT2D eigenvalue weighted by Gasteiger charge is -2.11. The zero-order valence-corrected chi connectivity index (χ0v) is 17.0. The van der Waals surface area contributed by atoms with E-state index in [1.807, 2.05) is 37.4 Å². The highest BCUT2D eigenvalue weighted by atomic mass is 32.1. The molecule has 0 atom stereocenters. The third-order valence-corrected chi connectivity index (χ3v) is 5.25. The third-order valence-electron chi connectivity index (χ3n) is 4.15. The van der Waals surface area contributed by atoms with Gasteiger partial charge in [0.1, 0.15) is 10.8 Å². The summed E-state index contributed by atoms with van der Waals surface area (Å²) in [6.07, 6.45) is 5.51. The highest BCUT2D eigenvalue weighted by Gasteiger charge is 2.14. The largest absolute Gasteiger partial charge is 0.378 e. The first-order valence-corrected chi connectivity index (χ1v) is 10.2. The highest BCUT2D eigenvalue weighted by Crippen LogP contribution is 2.32. The molecule has 2 amide bonds. The molecule has 0 saturated heterocycles. The lowest BCUT2D eigenvalue weighted by molar-refractivity contribution is -0.117. The molecule has 2 aromatic rings. The fraction of sp³-hybridized carbons (Fsp3) is 0.300. The molecule has 0 fully saturated rings. The number of amides is 2. The molecule has 8 nitrogen and oxygen atoms in total.